The van der Waals surface area contributed by atoms with Crippen LogP contribution in [0.1, 0.15) is 41.1 Å². The number of rotatable bonds is 7. The third kappa shape index (κ3) is 4.39. The first-order chi connectivity index (χ1) is 12.0. The number of carbonyl (C=O) groups is 2. The number of aryl methyl sites for hydroxylation is 1. The molecular weight excluding hydrogens is 338 g/mol. The number of amides is 1. The van der Waals surface area contributed by atoms with Gasteiger partial charge in [0.2, 0.25) is 0 Å². The minimum Gasteiger partial charge on any atom is -0.481 e. The van der Waals surface area contributed by atoms with Gasteiger partial charge in [-0.25, -0.2) is 4.79 Å². The molecule has 5 nitrogen and oxygen atoms in total. The summed E-state index contributed by atoms with van der Waals surface area (Å²) in [5.74, 6) is -0.0803. The molecule has 0 saturated heterocycles. The monoisotopic (exact) mass is 361 g/mol. The molecule has 0 aliphatic rings. The first-order valence-electron chi connectivity index (χ1n) is 8.24. The molecule has 1 heterocycles. The Balaban J connectivity index is 2.22. The molecule has 0 radical (unpaired) electrons. The Morgan fingerprint density at radius 3 is 2.44 bits per heavy atom. The molecule has 1 aromatic carbocycles. The average Bonchev–Trinajstić information content (AvgIpc) is 2.94. The summed E-state index contributed by atoms with van der Waals surface area (Å²) in [5, 5.41) is 3.36. The van der Waals surface area contributed by atoms with Gasteiger partial charge in [0, 0.05) is 4.88 Å². The Hall–Kier alpha value is -2.34. The second-order valence-electron chi connectivity index (χ2n) is 5.50. The van der Waals surface area contributed by atoms with Crippen molar-refractivity contribution in [2.45, 2.75) is 39.7 Å². The number of anilines is 1. The van der Waals surface area contributed by atoms with Crippen molar-refractivity contribution in [2.24, 2.45) is 0 Å². The van der Waals surface area contributed by atoms with Crippen molar-refractivity contribution >= 4 is 28.2 Å². The summed E-state index contributed by atoms with van der Waals surface area (Å²) in [6, 6.07) is 9.20. The van der Waals surface area contributed by atoms with Crippen molar-refractivity contribution in [3.05, 3.63) is 46.3 Å². The molecule has 25 heavy (non-hydrogen) atoms. The van der Waals surface area contributed by atoms with Crippen molar-refractivity contribution in [3.8, 4) is 5.75 Å². The summed E-state index contributed by atoms with van der Waals surface area (Å²) in [6.07, 6.45) is 0.569. The number of hydrogen-bond acceptors (Lipinski definition) is 5. The van der Waals surface area contributed by atoms with Gasteiger partial charge in [-0.3, -0.25) is 4.79 Å². The second kappa shape index (κ2) is 8.67. The van der Waals surface area contributed by atoms with Gasteiger partial charge in [-0.2, -0.15) is 0 Å². The standard InChI is InChI=1S/C19H23NO4S/c1-5-14-12(3)25-18(16(14)19(22)23-4)20-17(21)15(6-2)24-13-10-8-7-9-11-13/h7-11,15H,5-6H2,1-4H3,(H,20,21). The lowest BCUT2D eigenvalue weighted by molar-refractivity contribution is -0.122. The van der Waals surface area contributed by atoms with Crippen LogP contribution in [0.3, 0.4) is 0 Å². The van der Waals surface area contributed by atoms with E-state index in [4.69, 9.17) is 9.47 Å². The maximum absolute atomic E-state index is 12.6. The third-order valence-corrected chi connectivity index (χ3v) is 4.94. The minimum absolute atomic E-state index is 0.277. The van der Waals surface area contributed by atoms with E-state index in [2.05, 4.69) is 5.32 Å². The molecule has 0 aliphatic heterocycles. The van der Waals surface area contributed by atoms with Gasteiger partial charge >= 0.3 is 5.97 Å². The normalized spacial score (nSPS) is 11.7. The van der Waals surface area contributed by atoms with Gasteiger partial charge in [0.1, 0.15) is 10.8 Å². The van der Waals surface area contributed by atoms with Gasteiger partial charge in [0.15, 0.2) is 6.10 Å². The van der Waals surface area contributed by atoms with E-state index in [0.29, 0.717) is 29.2 Å². The molecule has 0 aliphatic carbocycles. The highest BCUT2D eigenvalue weighted by atomic mass is 32.1. The summed E-state index contributed by atoms with van der Waals surface area (Å²) in [6.45, 7) is 5.79. The van der Waals surface area contributed by atoms with Crippen LogP contribution in [0.25, 0.3) is 0 Å². The van der Waals surface area contributed by atoms with E-state index in [9.17, 15) is 9.59 Å². The number of benzene rings is 1. The Morgan fingerprint density at radius 2 is 1.88 bits per heavy atom. The smallest absolute Gasteiger partial charge is 0.341 e. The van der Waals surface area contributed by atoms with Crippen LogP contribution in [0.2, 0.25) is 0 Å². The summed E-state index contributed by atoms with van der Waals surface area (Å²) < 4.78 is 10.6. The lowest BCUT2D eigenvalue weighted by Gasteiger charge is -2.17. The summed E-state index contributed by atoms with van der Waals surface area (Å²) in [5.41, 5.74) is 1.35. The maximum Gasteiger partial charge on any atom is 0.341 e. The number of thiophene rings is 1. The van der Waals surface area contributed by atoms with Crippen LogP contribution in [0.15, 0.2) is 30.3 Å². The molecule has 1 unspecified atom stereocenters. The van der Waals surface area contributed by atoms with E-state index in [1.807, 2.05) is 39.0 Å². The minimum atomic E-state index is -0.639. The fourth-order valence-electron chi connectivity index (χ4n) is 2.59. The van der Waals surface area contributed by atoms with E-state index < -0.39 is 12.1 Å². The molecule has 1 aromatic heterocycles. The summed E-state index contributed by atoms with van der Waals surface area (Å²) in [7, 11) is 1.34. The highest BCUT2D eigenvalue weighted by Crippen LogP contribution is 2.34. The van der Waals surface area contributed by atoms with Crippen LogP contribution < -0.4 is 10.1 Å². The maximum atomic E-state index is 12.6. The summed E-state index contributed by atoms with van der Waals surface area (Å²) in [4.78, 5) is 25.8. The zero-order chi connectivity index (χ0) is 18.4. The second-order valence-corrected chi connectivity index (χ2v) is 6.73. The van der Waals surface area contributed by atoms with Crippen molar-refractivity contribution in [1.29, 1.82) is 0 Å². The van der Waals surface area contributed by atoms with Crippen LogP contribution in [0.5, 0.6) is 5.75 Å². The molecule has 0 fully saturated rings. The molecule has 0 bridgehead atoms. The molecular formula is C19H23NO4S. The van der Waals surface area contributed by atoms with Gasteiger partial charge in [-0.1, -0.05) is 32.0 Å². The largest absolute Gasteiger partial charge is 0.481 e. The number of carbonyl (C=O) groups excluding carboxylic acids is 2. The Kier molecular flexibility index (Phi) is 6.58. The highest BCUT2D eigenvalue weighted by Gasteiger charge is 2.26. The number of hydrogen-bond donors (Lipinski definition) is 1. The van der Waals surface area contributed by atoms with E-state index in [-0.39, 0.29) is 5.91 Å². The molecule has 1 atom stereocenters. The average molecular weight is 361 g/mol. The molecule has 6 heteroatoms. The Bertz CT molecular complexity index is 739. The zero-order valence-corrected chi connectivity index (χ0v) is 15.7. The molecule has 0 spiro atoms. The van der Waals surface area contributed by atoms with E-state index in [1.165, 1.54) is 18.4 Å². The number of nitrogens with one attached hydrogen (secondary N) is 1. The lowest BCUT2D eigenvalue weighted by Crippen LogP contribution is -2.32. The van der Waals surface area contributed by atoms with Crippen LogP contribution in [-0.2, 0) is 16.0 Å². The van der Waals surface area contributed by atoms with Crippen LogP contribution in [0.4, 0.5) is 5.00 Å². The van der Waals surface area contributed by atoms with Crippen LogP contribution in [0, 0.1) is 6.92 Å². The van der Waals surface area contributed by atoms with Crippen molar-refractivity contribution in [2.75, 3.05) is 12.4 Å². The van der Waals surface area contributed by atoms with Crippen molar-refractivity contribution in [3.63, 3.8) is 0 Å². The SMILES string of the molecule is CCc1c(C)sc(NC(=O)C(CC)Oc2ccccc2)c1C(=O)OC. The first kappa shape index (κ1) is 19.0. The van der Waals surface area contributed by atoms with E-state index in [1.54, 1.807) is 12.1 Å². The predicted molar refractivity (Wildman–Crippen MR) is 99.6 cm³/mol. The number of esters is 1. The van der Waals surface area contributed by atoms with Gasteiger partial charge < -0.3 is 14.8 Å². The third-order valence-electron chi connectivity index (χ3n) is 3.87. The van der Waals surface area contributed by atoms with Crippen molar-refractivity contribution in [1.82, 2.24) is 0 Å². The van der Waals surface area contributed by atoms with Gasteiger partial charge in [0.25, 0.3) is 5.91 Å². The fraction of sp³-hybridized carbons (Fsp3) is 0.368. The highest BCUT2D eigenvalue weighted by molar-refractivity contribution is 7.16. The number of para-hydroxylation sites is 1. The molecule has 2 rings (SSSR count). The molecule has 0 saturated carbocycles. The van der Waals surface area contributed by atoms with Gasteiger partial charge in [-0.15, -0.1) is 11.3 Å². The quantitative estimate of drug-likeness (QED) is 0.751. The van der Waals surface area contributed by atoms with Crippen LogP contribution >= 0.6 is 11.3 Å². The number of methoxy groups -OCH3 is 1. The van der Waals surface area contributed by atoms with E-state index >= 15 is 0 Å². The fourth-order valence-corrected chi connectivity index (χ4v) is 3.72. The molecule has 2 aromatic rings. The van der Waals surface area contributed by atoms with Gasteiger partial charge in [-0.05, 0) is 37.5 Å². The van der Waals surface area contributed by atoms with Gasteiger partial charge in [0.05, 0.1) is 12.7 Å². The van der Waals surface area contributed by atoms with Crippen molar-refractivity contribution < 1.29 is 19.1 Å². The Labute approximate surface area is 152 Å². The first-order valence-corrected chi connectivity index (χ1v) is 9.06. The zero-order valence-electron chi connectivity index (χ0n) is 14.9. The molecule has 134 valence electrons. The molecule has 1 amide bonds. The lowest BCUT2D eigenvalue weighted by atomic mass is 10.1. The summed E-state index contributed by atoms with van der Waals surface area (Å²) >= 11 is 1.38. The topological polar surface area (TPSA) is 64.6 Å². The number of ether oxygens (including phenoxy) is 2. The predicted octanol–water partition coefficient (Wildman–Crippen LogP) is 4.20. The van der Waals surface area contributed by atoms with E-state index in [0.717, 1.165) is 10.4 Å². The van der Waals surface area contributed by atoms with Crippen LogP contribution in [-0.4, -0.2) is 25.1 Å². The molecule has 1 N–H and O–H groups in total. The Morgan fingerprint density at radius 1 is 1.20 bits per heavy atom.